The van der Waals surface area contributed by atoms with Gasteiger partial charge < -0.3 is 0 Å². The summed E-state index contributed by atoms with van der Waals surface area (Å²) in [5.41, 5.74) is 0. The molecule has 6 nitrogen and oxygen atoms in total. The number of aromatic nitrogens is 3. The summed E-state index contributed by atoms with van der Waals surface area (Å²) in [4.78, 5) is 3.82. The molecule has 0 fully saturated rings. The Kier molecular flexibility index (Phi) is 2.99. The molecule has 0 aliphatic heterocycles. The molecule has 0 atom stereocenters. The van der Waals surface area contributed by atoms with Crippen molar-refractivity contribution in [2.45, 2.75) is 13.5 Å². The van der Waals surface area contributed by atoms with Gasteiger partial charge in [0.2, 0.25) is 0 Å². The average molecular weight is 205 g/mol. The van der Waals surface area contributed by atoms with Gasteiger partial charge in [0.05, 0.1) is 5.75 Å². The Morgan fingerprint density at radius 3 is 2.77 bits per heavy atom. The first-order chi connectivity index (χ1) is 6.03. The summed E-state index contributed by atoms with van der Waals surface area (Å²) in [6.07, 6.45) is 1.48. The molecule has 1 heterocycles. The number of nitrogens with zero attached hydrogens (tertiary/aromatic N) is 3. The highest BCUT2D eigenvalue weighted by Gasteiger charge is 2.09. The molecule has 0 bridgehead atoms. The Labute approximate surface area is 76.7 Å². The van der Waals surface area contributed by atoms with Gasteiger partial charge in [0, 0.05) is 7.05 Å². The van der Waals surface area contributed by atoms with Gasteiger partial charge in [-0.25, -0.2) is 4.98 Å². The van der Waals surface area contributed by atoms with Crippen LogP contribution in [0.3, 0.4) is 0 Å². The summed E-state index contributed by atoms with van der Waals surface area (Å²) < 4.78 is 27.9. The maximum atomic E-state index is 10.9. The number of aryl methyl sites for hydroxylation is 1. The zero-order chi connectivity index (χ0) is 9.90. The van der Waals surface area contributed by atoms with Crippen LogP contribution in [0.2, 0.25) is 0 Å². The van der Waals surface area contributed by atoms with Gasteiger partial charge in [0.15, 0.2) is 5.82 Å². The van der Waals surface area contributed by atoms with E-state index in [4.69, 9.17) is 0 Å². The zero-order valence-corrected chi connectivity index (χ0v) is 8.28. The minimum Gasteiger partial charge on any atom is -0.262 e. The quantitative estimate of drug-likeness (QED) is 0.630. The van der Waals surface area contributed by atoms with Gasteiger partial charge in [-0.3, -0.25) is 8.86 Å². The van der Waals surface area contributed by atoms with E-state index in [1.807, 2.05) is 0 Å². The third kappa shape index (κ3) is 3.11. The third-order valence-electron chi connectivity index (χ3n) is 1.37. The lowest BCUT2D eigenvalue weighted by Gasteiger charge is -1.98. The van der Waals surface area contributed by atoms with E-state index in [-0.39, 0.29) is 12.4 Å². The van der Waals surface area contributed by atoms with E-state index in [1.165, 1.54) is 17.9 Å². The highest BCUT2D eigenvalue weighted by atomic mass is 32.2. The van der Waals surface area contributed by atoms with Gasteiger partial charge in [-0.1, -0.05) is 0 Å². The fourth-order valence-electron chi connectivity index (χ4n) is 0.676. The SMILES string of the molecule is CCS(=O)(=O)OCc1ncn(C)n1. The Morgan fingerprint density at radius 1 is 1.62 bits per heavy atom. The highest BCUT2D eigenvalue weighted by Crippen LogP contribution is 1.98. The topological polar surface area (TPSA) is 74.1 Å². The van der Waals surface area contributed by atoms with Crippen molar-refractivity contribution in [3.05, 3.63) is 12.2 Å². The van der Waals surface area contributed by atoms with Crippen molar-refractivity contribution in [1.82, 2.24) is 14.8 Å². The Hall–Kier alpha value is -0.950. The Morgan fingerprint density at radius 2 is 2.31 bits per heavy atom. The first kappa shape index (κ1) is 10.1. The average Bonchev–Trinajstić information content (AvgIpc) is 2.48. The second-order valence-electron chi connectivity index (χ2n) is 2.44. The summed E-state index contributed by atoms with van der Waals surface area (Å²) in [7, 11) is -1.70. The standard InChI is InChI=1S/C6H11N3O3S/c1-3-13(10,11)12-4-6-7-5-9(2)8-6/h5H,3-4H2,1-2H3. The predicted octanol–water partition coefficient (Wildman–Crippen LogP) is -0.319. The van der Waals surface area contributed by atoms with Crippen LogP contribution >= 0.6 is 0 Å². The summed E-state index contributed by atoms with van der Waals surface area (Å²) in [6, 6.07) is 0. The molecule has 0 aliphatic rings. The van der Waals surface area contributed by atoms with Gasteiger partial charge in [-0.15, -0.1) is 0 Å². The van der Waals surface area contributed by atoms with Gasteiger partial charge in [-0.2, -0.15) is 13.5 Å². The largest absolute Gasteiger partial charge is 0.267 e. The van der Waals surface area contributed by atoms with Gasteiger partial charge >= 0.3 is 0 Å². The van der Waals surface area contributed by atoms with Crippen molar-refractivity contribution in [2.75, 3.05) is 5.75 Å². The molecule has 0 amide bonds. The van der Waals surface area contributed by atoms with Crippen LogP contribution in [-0.2, 0) is 28.0 Å². The summed E-state index contributed by atoms with van der Waals surface area (Å²) in [6.45, 7) is 1.41. The van der Waals surface area contributed by atoms with Gasteiger partial charge in [0.1, 0.15) is 12.9 Å². The van der Waals surface area contributed by atoms with Crippen LogP contribution in [0, 0.1) is 0 Å². The molecular formula is C6H11N3O3S. The summed E-state index contributed by atoms with van der Waals surface area (Å²) >= 11 is 0. The Balaban J connectivity index is 2.53. The molecule has 0 spiro atoms. The molecule has 7 heteroatoms. The molecule has 0 radical (unpaired) electrons. The van der Waals surface area contributed by atoms with E-state index in [9.17, 15) is 8.42 Å². The Bertz CT molecular complexity index is 370. The van der Waals surface area contributed by atoms with Crippen LogP contribution in [0.1, 0.15) is 12.7 Å². The molecule has 1 rings (SSSR count). The lowest BCUT2D eigenvalue weighted by molar-refractivity contribution is 0.299. The van der Waals surface area contributed by atoms with E-state index in [2.05, 4.69) is 14.3 Å². The first-order valence-corrected chi connectivity index (χ1v) is 5.33. The van der Waals surface area contributed by atoms with Crippen molar-refractivity contribution in [1.29, 1.82) is 0 Å². The fraction of sp³-hybridized carbons (Fsp3) is 0.667. The molecule has 0 saturated heterocycles. The molecule has 0 unspecified atom stereocenters. The van der Waals surface area contributed by atoms with E-state index in [0.717, 1.165) is 0 Å². The molecule has 0 aliphatic carbocycles. The number of hydrogen-bond donors (Lipinski definition) is 0. The van der Waals surface area contributed by atoms with E-state index in [0.29, 0.717) is 5.82 Å². The predicted molar refractivity (Wildman–Crippen MR) is 45.3 cm³/mol. The fourth-order valence-corrected chi connectivity index (χ4v) is 1.13. The van der Waals surface area contributed by atoms with Crippen molar-refractivity contribution >= 4 is 10.1 Å². The van der Waals surface area contributed by atoms with Crippen molar-refractivity contribution in [3.8, 4) is 0 Å². The molecule has 0 aromatic carbocycles. The lowest BCUT2D eigenvalue weighted by Crippen LogP contribution is -2.08. The van der Waals surface area contributed by atoms with Gasteiger partial charge in [0.25, 0.3) is 10.1 Å². The maximum absolute atomic E-state index is 10.9. The second-order valence-corrected chi connectivity index (χ2v) is 4.37. The van der Waals surface area contributed by atoms with Crippen molar-refractivity contribution in [2.24, 2.45) is 7.05 Å². The normalized spacial score (nSPS) is 11.8. The first-order valence-electron chi connectivity index (χ1n) is 3.75. The zero-order valence-electron chi connectivity index (χ0n) is 7.47. The minimum atomic E-state index is -3.40. The second kappa shape index (κ2) is 3.84. The van der Waals surface area contributed by atoms with Crippen LogP contribution < -0.4 is 0 Å². The highest BCUT2D eigenvalue weighted by molar-refractivity contribution is 7.86. The molecule has 1 aromatic heterocycles. The number of rotatable bonds is 4. The van der Waals surface area contributed by atoms with Crippen LogP contribution in [0.25, 0.3) is 0 Å². The molecule has 13 heavy (non-hydrogen) atoms. The van der Waals surface area contributed by atoms with Crippen molar-refractivity contribution < 1.29 is 12.6 Å². The van der Waals surface area contributed by atoms with E-state index >= 15 is 0 Å². The molecule has 0 N–H and O–H groups in total. The molecular weight excluding hydrogens is 194 g/mol. The smallest absolute Gasteiger partial charge is 0.262 e. The van der Waals surface area contributed by atoms with Crippen molar-refractivity contribution in [3.63, 3.8) is 0 Å². The summed E-state index contributed by atoms with van der Waals surface area (Å²) in [5, 5.41) is 3.86. The molecule has 74 valence electrons. The van der Waals surface area contributed by atoms with Crippen LogP contribution in [0.15, 0.2) is 6.33 Å². The van der Waals surface area contributed by atoms with Crippen LogP contribution in [0.4, 0.5) is 0 Å². The maximum Gasteiger partial charge on any atom is 0.267 e. The third-order valence-corrected chi connectivity index (χ3v) is 2.55. The van der Waals surface area contributed by atoms with Gasteiger partial charge in [-0.05, 0) is 6.92 Å². The minimum absolute atomic E-state index is 0.0418. The monoisotopic (exact) mass is 205 g/mol. The van der Waals surface area contributed by atoms with Crippen LogP contribution in [0.5, 0.6) is 0 Å². The molecule has 1 aromatic rings. The van der Waals surface area contributed by atoms with E-state index in [1.54, 1.807) is 7.05 Å². The van der Waals surface area contributed by atoms with E-state index < -0.39 is 10.1 Å². The summed E-state index contributed by atoms with van der Waals surface area (Å²) in [5.74, 6) is 0.319. The number of hydrogen-bond acceptors (Lipinski definition) is 5. The lowest BCUT2D eigenvalue weighted by atomic mass is 10.7. The van der Waals surface area contributed by atoms with Crippen LogP contribution in [-0.4, -0.2) is 28.9 Å². The molecule has 0 saturated carbocycles.